The van der Waals surface area contributed by atoms with E-state index in [1.165, 1.54) is 12.7 Å². The van der Waals surface area contributed by atoms with E-state index in [0.717, 1.165) is 6.54 Å². The zero-order chi connectivity index (χ0) is 12.8. The highest BCUT2D eigenvalue weighted by molar-refractivity contribution is 5.87. The average molecular weight is 240 g/mol. The molecule has 1 atom stereocenters. The molecule has 1 heterocycles. The summed E-state index contributed by atoms with van der Waals surface area (Å²) in [6.07, 6.45) is 2.13. The second kappa shape index (κ2) is 6.39. The first-order chi connectivity index (χ1) is 8.08. The van der Waals surface area contributed by atoms with Crippen LogP contribution in [0.4, 0.5) is 0 Å². The van der Waals surface area contributed by atoms with Crippen LogP contribution in [0.15, 0.2) is 11.6 Å². The maximum atomic E-state index is 11.7. The Hall–Kier alpha value is -1.36. The van der Waals surface area contributed by atoms with Crippen LogP contribution in [-0.4, -0.2) is 49.6 Å². The van der Waals surface area contributed by atoms with Gasteiger partial charge in [0.2, 0.25) is 5.91 Å². The van der Waals surface area contributed by atoms with Crippen LogP contribution >= 0.6 is 0 Å². The van der Waals surface area contributed by atoms with Crippen molar-refractivity contribution >= 4 is 11.9 Å². The molecule has 96 valence electrons. The first-order valence-corrected chi connectivity index (χ1v) is 5.78. The zero-order valence-electron chi connectivity index (χ0n) is 10.7. The summed E-state index contributed by atoms with van der Waals surface area (Å²) in [4.78, 5) is 25.0. The highest BCUT2D eigenvalue weighted by Gasteiger charge is 2.31. The summed E-state index contributed by atoms with van der Waals surface area (Å²) in [6.45, 7) is 6.09. The number of nitrogens with zero attached hydrogens (tertiary/aromatic N) is 1. The summed E-state index contributed by atoms with van der Waals surface area (Å²) >= 11 is 0. The first kappa shape index (κ1) is 13.7. The van der Waals surface area contributed by atoms with Crippen LogP contribution in [0.1, 0.15) is 20.3 Å². The minimum Gasteiger partial charge on any atom is -0.469 e. The molecule has 0 bridgehead atoms. The molecule has 17 heavy (non-hydrogen) atoms. The van der Waals surface area contributed by atoms with Gasteiger partial charge in [0.25, 0.3) is 0 Å². The van der Waals surface area contributed by atoms with Gasteiger partial charge in [-0.15, -0.1) is 0 Å². The summed E-state index contributed by atoms with van der Waals surface area (Å²) in [5.74, 6) is -0.444. The van der Waals surface area contributed by atoms with Crippen molar-refractivity contribution in [3.8, 4) is 0 Å². The summed E-state index contributed by atoms with van der Waals surface area (Å²) in [7, 11) is 1.34. The fraction of sp³-hybridized carbons (Fsp3) is 0.667. The number of methoxy groups -OCH3 is 1. The third kappa shape index (κ3) is 3.85. The van der Waals surface area contributed by atoms with Crippen molar-refractivity contribution in [3.63, 3.8) is 0 Å². The van der Waals surface area contributed by atoms with E-state index in [-0.39, 0.29) is 18.3 Å². The lowest BCUT2D eigenvalue weighted by atomic mass is 10.1. The number of amides is 1. The topological polar surface area (TPSA) is 58.6 Å². The molecule has 0 radical (unpaired) electrons. The highest BCUT2D eigenvalue weighted by Crippen LogP contribution is 2.12. The summed E-state index contributed by atoms with van der Waals surface area (Å²) in [6, 6.07) is -0.411. The molecule has 5 nitrogen and oxygen atoms in total. The standard InChI is InChI=1S/C12H20N2O3/c1-4-9(2)8-14-6-5-13-12(16)10(14)7-11(15)17-3/h4,10H,5-8H2,1-3H3,(H,13,16). The first-order valence-electron chi connectivity index (χ1n) is 5.78. The van der Waals surface area contributed by atoms with E-state index >= 15 is 0 Å². The molecule has 1 aliphatic heterocycles. The number of carbonyl (C=O) groups excluding carboxylic acids is 2. The summed E-state index contributed by atoms with van der Waals surface area (Å²) in [5, 5.41) is 2.77. The van der Waals surface area contributed by atoms with Gasteiger partial charge in [0.1, 0.15) is 0 Å². The number of esters is 1. The van der Waals surface area contributed by atoms with Gasteiger partial charge < -0.3 is 10.1 Å². The fourth-order valence-electron chi connectivity index (χ4n) is 1.83. The predicted molar refractivity (Wildman–Crippen MR) is 64.4 cm³/mol. The minimum atomic E-state index is -0.411. The third-order valence-electron chi connectivity index (χ3n) is 2.97. The van der Waals surface area contributed by atoms with Crippen LogP contribution in [-0.2, 0) is 14.3 Å². The molecule has 0 spiro atoms. The van der Waals surface area contributed by atoms with Gasteiger partial charge in [0.15, 0.2) is 0 Å². The van der Waals surface area contributed by atoms with E-state index in [2.05, 4.69) is 10.1 Å². The molecule has 0 saturated carbocycles. The largest absolute Gasteiger partial charge is 0.469 e. The zero-order valence-corrected chi connectivity index (χ0v) is 10.7. The minimum absolute atomic E-state index is 0.0921. The number of piperazine rings is 1. The Morgan fingerprint density at radius 2 is 2.35 bits per heavy atom. The molecule has 0 aliphatic carbocycles. The molecule has 1 amide bonds. The van der Waals surface area contributed by atoms with Gasteiger partial charge in [-0.2, -0.15) is 0 Å². The maximum absolute atomic E-state index is 11.7. The molecule has 0 aromatic rings. The second-order valence-corrected chi connectivity index (χ2v) is 4.19. The Morgan fingerprint density at radius 1 is 1.65 bits per heavy atom. The van der Waals surface area contributed by atoms with Crippen molar-refractivity contribution < 1.29 is 14.3 Å². The van der Waals surface area contributed by atoms with E-state index in [9.17, 15) is 9.59 Å². The number of nitrogens with one attached hydrogen (secondary N) is 1. The maximum Gasteiger partial charge on any atom is 0.307 e. The number of carbonyl (C=O) groups is 2. The Balaban J connectivity index is 2.70. The molecule has 1 unspecified atom stereocenters. The van der Waals surface area contributed by atoms with Gasteiger partial charge in [-0.05, 0) is 13.8 Å². The van der Waals surface area contributed by atoms with Crippen molar-refractivity contribution in [2.75, 3.05) is 26.7 Å². The van der Waals surface area contributed by atoms with Gasteiger partial charge in [0, 0.05) is 19.6 Å². The highest BCUT2D eigenvalue weighted by atomic mass is 16.5. The molecule has 0 aromatic heterocycles. The van der Waals surface area contributed by atoms with Crippen LogP contribution < -0.4 is 5.32 Å². The molecule has 1 rings (SSSR count). The van der Waals surface area contributed by atoms with E-state index in [1.54, 1.807) is 0 Å². The SMILES string of the molecule is CC=C(C)CN1CCNC(=O)C1CC(=O)OC. The van der Waals surface area contributed by atoms with Gasteiger partial charge >= 0.3 is 5.97 Å². The number of rotatable bonds is 4. The van der Waals surface area contributed by atoms with E-state index in [0.29, 0.717) is 13.1 Å². The van der Waals surface area contributed by atoms with Crippen LogP contribution in [0.5, 0.6) is 0 Å². The van der Waals surface area contributed by atoms with Crippen LogP contribution in [0.25, 0.3) is 0 Å². The molecular formula is C12H20N2O3. The van der Waals surface area contributed by atoms with Crippen molar-refractivity contribution in [3.05, 3.63) is 11.6 Å². The lowest BCUT2D eigenvalue weighted by Gasteiger charge is -2.34. The molecular weight excluding hydrogens is 220 g/mol. The van der Waals surface area contributed by atoms with Crippen LogP contribution in [0, 0.1) is 0 Å². The van der Waals surface area contributed by atoms with Gasteiger partial charge in [-0.1, -0.05) is 11.6 Å². The van der Waals surface area contributed by atoms with Crippen LogP contribution in [0.2, 0.25) is 0 Å². The monoisotopic (exact) mass is 240 g/mol. The van der Waals surface area contributed by atoms with Crippen molar-refractivity contribution in [2.24, 2.45) is 0 Å². The Bertz CT molecular complexity index is 326. The van der Waals surface area contributed by atoms with Gasteiger partial charge in [0.05, 0.1) is 19.6 Å². The van der Waals surface area contributed by atoms with Gasteiger partial charge in [-0.3, -0.25) is 14.5 Å². The van der Waals surface area contributed by atoms with E-state index in [1.807, 2.05) is 24.8 Å². The lowest BCUT2D eigenvalue weighted by molar-refractivity contribution is -0.145. The normalized spacial score (nSPS) is 22.2. The summed E-state index contributed by atoms with van der Waals surface area (Å²) in [5.41, 5.74) is 1.19. The van der Waals surface area contributed by atoms with Gasteiger partial charge in [-0.25, -0.2) is 0 Å². The fourth-order valence-corrected chi connectivity index (χ4v) is 1.83. The van der Waals surface area contributed by atoms with Crippen molar-refractivity contribution in [2.45, 2.75) is 26.3 Å². The molecule has 1 aliphatic rings. The molecule has 1 N–H and O–H groups in total. The predicted octanol–water partition coefficient (Wildman–Crippen LogP) is 0.316. The van der Waals surface area contributed by atoms with Crippen LogP contribution in [0.3, 0.4) is 0 Å². The number of allylic oxidation sites excluding steroid dienone is 1. The third-order valence-corrected chi connectivity index (χ3v) is 2.97. The lowest BCUT2D eigenvalue weighted by Crippen LogP contribution is -2.56. The van der Waals surface area contributed by atoms with Crippen molar-refractivity contribution in [1.29, 1.82) is 0 Å². The summed E-state index contributed by atoms with van der Waals surface area (Å²) < 4.78 is 4.62. The van der Waals surface area contributed by atoms with E-state index < -0.39 is 6.04 Å². The Labute approximate surface area is 102 Å². The Kier molecular flexibility index (Phi) is 5.15. The Morgan fingerprint density at radius 3 is 2.94 bits per heavy atom. The number of ether oxygens (including phenoxy) is 1. The average Bonchev–Trinajstić information content (AvgIpc) is 2.33. The number of hydrogen-bond acceptors (Lipinski definition) is 4. The van der Waals surface area contributed by atoms with E-state index in [4.69, 9.17) is 0 Å². The number of hydrogen-bond donors (Lipinski definition) is 1. The quantitative estimate of drug-likeness (QED) is 0.568. The van der Waals surface area contributed by atoms with Crippen molar-refractivity contribution in [1.82, 2.24) is 10.2 Å². The second-order valence-electron chi connectivity index (χ2n) is 4.19. The molecule has 1 saturated heterocycles. The smallest absolute Gasteiger partial charge is 0.307 e. The molecule has 1 fully saturated rings. The molecule has 0 aromatic carbocycles. The molecule has 5 heteroatoms.